The third-order valence-electron chi connectivity index (χ3n) is 6.38. The second kappa shape index (κ2) is 9.94. The first-order chi connectivity index (χ1) is 14.8. The molecule has 0 saturated carbocycles. The Labute approximate surface area is 182 Å². The van der Waals surface area contributed by atoms with Crippen molar-refractivity contribution in [1.82, 2.24) is 0 Å². The summed E-state index contributed by atoms with van der Waals surface area (Å²) >= 11 is 0. The molecule has 0 N–H and O–H groups in total. The summed E-state index contributed by atoms with van der Waals surface area (Å²) in [4.78, 5) is 0. The van der Waals surface area contributed by atoms with Crippen molar-refractivity contribution in [3.8, 4) is 11.1 Å². The second-order valence-corrected chi connectivity index (χ2v) is 8.56. The molecule has 0 atom stereocenters. The quantitative estimate of drug-likeness (QED) is 0.248. The molecule has 0 amide bonds. The number of fused-ring (bicyclic) bond motifs is 2. The van der Waals surface area contributed by atoms with Crippen molar-refractivity contribution in [2.75, 3.05) is 0 Å². The Kier molecular flexibility index (Phi) is 6.84. The number of hydrogen-bond donors (Lipinski definition) is 0. The monoisotopic (exact) mass is 394 g/mol. The first kappa shape index (κ1) is 20.7. The van der Waals surface area contributed by atoms with Gasteiger partial charge in [-0.2, -0.15) is 0 Å². The average Bonchev–Trinajstić information content (AvgIpc) is 2.79. The molecule has 0 heteroatoms. The van der Waals surface area contributed by atoms with E-state index >= 15 is 0 Å². The summed E-state index contributed by atoms with van der Waals surface area (Å²) in [5.41, 5.74) is 5.98. The van der Waals surface area contributed by atoms with Gasteiger partial charge in [0.1, 0.15) is 0 Å². The molecule has 0 spiro atoms. The van der Waals surface area contributed by atoms with Crippen molar-refractivity contribution < 1.29 is 0 Å². The van der Waals surface area contributed by atoms with Crippen molar-refractivity contribution in [2.24, 2.45) is 0 Å². The number of benzene rings is 4. The van der Waals surface area contributed by atoms with E-state index in [9.17, 15) is 0 Å². The first-order valence-electron chi connectivity index (χ1n) is 11.8. The summed E-state index contributed by atoms with van der Waals surface area (Å²) < 4.78 is 0. The van der Waals surface area contributed by atoms with E-state index in [1.54, 1.807) is 0 Å². The van der Waals surface area contributed by atoms with E-state index in [0.717, 1.165) is 12.8 Å². The van der Waals surface area contributed by atoms with Crippen LogP contribution >= 0.6 is 0 Å². The van der Waals surface area contributed by atoms with E-state index in [1.165, 1.54) is 82.3 Å². The molecule has 4 aromatic carbocycles. The van der Waals surface area contributed by atoms with Gasteiger partial charge < -0.3 is 0 Å². The molecular formula is C30H34. The molecule has 0 radical (unpaired) electrons. The lowest BCUT2D eigenvalue weighted by atomic mass is 9.84. The second-order valence-electron chi connectivity index (χ2n) is 8.56. The van der Waals surface area contributed by atoms with Gasteiger partial charge in [0, 0.05) is 0 Å². The third kappa shape index (κ3) is 4.29. The summed E-state index contributed by atoms with van der Waals surface area (Å²) in [5.74, 6) is 0. The maximum absolute atomic E-state index is 2.39. The lowest BCUT2D eigenvalue weighted by Gasteiger charge is -2.19. The van der Waals surface area contributed by atoms with E-state index in [1.807, 2.05) is 0 Å². The summed E-state index contributed by atoms with van der Waals surface area (Å²) in [7, 11) is 0. The third-order valence-corrected chi connectivity index (χ3v) is 6.38. The maximum atomic E-state index is 2.39. The SMILES string of the molecule is CCCCCc1ccc2ccccc2c1-c1c(CCCCC)ccc2ccccc12. The van der Waals surface area contributed by atoms with Gasteiger partial charge in [0.15, 0.2) is 0 Å². The topological polar surface area (TPSA) is 0 Å². The van der Waals surface area contributed by atoms with Crippen LogP contribution < -0.4 is 0 Å². The molecule has 0 aromatic heterocycles. The van der Waals surface area contributed by atoms with Gasteiger partial charge in [-0.3, -0.25) is 0 Å². The van der Waals surface area contributed by atoms with Gasteiger partial charge in [-0.15, -0.1) is 0 Å². The summed E-state index contributed by atoms with van der Waals surface area (Å²) in [6.07, 6.45) is 9.96. The van der Waals surface area contributed by atoms with Crippen LogP contribution in [0.1, 0.15) is 63.5 Å². The zero-order chi connectivity index (χ0) is 20.8. The largest absolute Gasteiger partial charge is 0.0654 e. The number of hydrogen-bond acceptors (Lipinski definition) is 0. The maximum Gasteiger partial charge on any atom is -0.00643 e. The molecule has 0 bridgehead atoms. The molecule has 154 valence electrons. The molecule has 4 rings (SSSR count). The van der Waals surface area contributed by atoms with Gasteiger partial charge in [-0.05, 0) is 69.5 Å². The highest BCUT2D eigenvalue weighted by atomic mass is 14.2. The van der Waals surface area contributed by atoms with Crippen LogP contribution in [0, 0.1) is 0 Å². The molecule has 0 unspecified atom stereocenters. The fourth-order valence-corrected chi connectivity index (χ4v) is 4.77. The molecular weight excluding hydrogens is 360 g/mol. The molecule has 0 nitrogen and oxygen atoms in total. The minimum atomic E-state index is 1.16. The molecule has 0 aliphatic rings. The molecule has 0 aliphatic carbocycles. The highest BCUT2D eigenvalue weighted by molar-refractivity contribution is 6.07. The summed E-state index contributed by atoms with van der Waals surface area (Å²) in [6.45, 7) is 4.58. The van der Waals surface area contributed by atoms with Crippen LogP contribution in [-0.2, 0) is 12.8 Å². The Morgan fingerprint density at radius 2 is 0.900 bits per heavy atom. The molecule has 30 heavy (non-hydrogen) atoms. The van der Waals surface area contributed by atoms with Gasteiger partial charge in [-0.25, -0.2) is 0 Å². The molecule has 4 aromatic rings. The molecule has 0 fully saturated rings. The van der Waals surface area contributed by atoms with Crippen LogP contribution in [0.3, 0.4) is 0 Å². The van der Waals surface area contributed by atoms with Crippen LogP contribution in [0.4, 0.5) is 0 Å². The van der Waals surface area contributed by atoms with Gasteiger partial charge in [0.05, 0.1) is 0 Å². The normalized spacial score (nSPS) is 11.4. The lowest BCUT2D eigenvalue weighted by Crippen LogP contribution is -1.98. The van der Waals surface area contributed by atoms with Crippen molar-refractivity contribution in [2.45, 2.75) is 65.2 Å². The zero-order valence-corrected chi connectivity index (χ0v) is 18.6. The average molecular weight is 395 g/mol. The highest BCUT2D eigenvalue weighted by Crippen LogP contribution is 2.40. The van der Waals surface area contributed by atoms with Gasteiger partial charge in [0.2, 0.25) is 0 Å². The van der Waals surface area contributed by atoms with Crippen LogP contribution in [-0.4, -0.2) is 0 Å². The van der Waals surface area contributed by atoms with E-state index in [2.05, 4.69) is 86.6 Å². The fourth-order valence-electron chi connectivity index (χ4n) is 4.77. The summed E-state index contributed by atoms with van der Waals surface area (Å²) in [6, 6.07) is 27.3. The minimum absolute atomic E-state index is 1.16. The lowest BCUT2D eigenvalue weighted by molar-refractivity contribution is 0.716. The Morgan fingerprint density at radius 3 is 1.33 bits per heavy atom. The smallest absolute Gasteiger partial charge is 0.00643 e. The van der Waals surface area contributed by atoms with Crippen LogP contribution in [0.2, 0.25) is 0 Å². The zero-order valence-electron chi connectivity index (χ0n) is 18.6. The van der Waals surface area contributed by atoms with Crippen LogP contribution in [0.25, 0.3) is 32.7 Å². The molecule has 0 heterocycles. The van der Waals surface area contributed by atoms with Crippen LogP contribution in [0.15, 0.2) is 72.8 Å². The van der Waals surface area contributed by atoms with Gasteiger partial charge >= 0.3 is 0 Å². The standard InChI is InChI=1S/C30H34/c1-3-5-7-15-25-21-19-23-13-9-11-17-27(23)29(25)30-26(16-8-6-4-2)22-20-24-14-10-12-18-28(24)30/h9-14,17-22H,3-8,15-16H2,1-2H3. The van der Waals surface area contributed by atoms with Gasteiger partial charge in [0.25, 0.3) is 0 Å². The fraction of sp³-hybridized carbons (Fsp3) is 0.333. The van der Waals surface area contributed by atoms with Crippen LogP contribution in [0.5, 0.6) is 0 Å². The highest BCUT2D eigenvalue weighted by Gasteiger charge is 2.16. The molecule has 0 aliphatic heterocycles. The Bertz CT molecular complexity index is 1030. The number of unbranched alkanes of at least 4 members (excludes halogenated alkanes) is 4. The van der Waals surface area contributed by atoms with Crippen molar-refractivity contribution in [3.05, 3.63) is 83.9 Å². The van der Waals surface area contributed by atoms with E-state index < -0.39 is 0 Å². The molecule has 0 saturated heterocycles. The Morgan fingerprint density at radius 1 is 0.467 bits per heavy atom. The van der Waals surface area contributed by atoms with E-state index in [-0.39, 0.29) is 0 Å². The first-order valence-corrected chi connectivity index (χ1v) is 11.8. The van der Waals surface area contributed by atoms with Crippen molar-refractivity contribution in [3.63, 3.8) is 0 Å². The predicted octanol–water partition coefficient (Wildman–Crippen LogP) is 9.13. The minimum Gasteiger partial charge on any atom is -0.0654 e. The predicted molar refractivity (Wildman–Crippen MR) is 133 cm³/mol. The van der Waals surface area contributed by atoms with E-state index in [0.29, 0.717) is 0 Å². The van der Waals surface area contributed by atoms with Gasteiger partial charge in [-0.1, -0.05) is 112 Å². The van der Waals surface area contributed by atoms with E-state index in [4.69, 9.17) is 0 Å². The summed E-state index contributed by atoms with van der Waals surface area (Å²) in [5, 5.41) is 5.50. The number of aryl methyl sites for hydroxylation is 2. The van der Waals surface area contributed by atoms with Crippen molar-refractivity contribution >= 4 is 21.5 Å². The van der Waals surface area contributed by atoms with Crippen molar-refractivity contribution in [1.29, 1.82) is 0 Å². The Hall–Kier alpha value is -2.60. The number of rotatable bonds is 9. The Balaban J connectivity index is 1.97.